The number of nitrogens with one attached hydrogen (secondary N) is 1. The van der Waals surface area contributed by atoms with Crippen molar-refractivity contribution >= 4 is 0 Å². The van der Waals surface area contributed by atoms with Crippen molar-refractivity contribution in [1.82, 2.24) is 15.5 Å². The molecule has 6 heteroatoms. The third-order valence-corrected chi connectivity index (χ3v) is 3.70. The van der Waals surface area contributed by atoms with E-state index in [0.29, 0.717) is 37.3 Å². The van der Waals surface area contributed by atoms with Gasteiger partial charge in [0.1, 0.15) is 11.4 Å². The van der Waals surface area contributed by atoms with Crippen LogP contribution in [0.2, 0.25) is 0 Å². The summed E-state index contributed by atoms with van der Waals surface area (Å²) in [5.74, 6) is 0.166. The van der Waals surface area contributed by atoms with Gasteiger partial charge >= 0.3 is 0 Å². The van der Waals surface area contributed by atoms with Gasteiger partial charge in [-0.25, -0.2) is 4.39 Å². The molecule has 0 radical (unpaired) electrons. The van der Waals surface area contributed by atoms with Gasteiger partial charge in [0.15, 0.2) is 0 Å². The van der Waals surface area contributed by atoms with E-state index in [9.17, 15) is 9.50 Å². The molecule has 2 aromatic rings. The molecule has 5 nitrogen and oxygen atoms in total. The highest BCUT2D eigenvalue weighted by atomic mass is 19.1. The van der Waals surface area contributed by atoms with Crippen molar-refractivity contribution in [1.29, 1.82) is 0 Å². The maximum Gasteiger partial charge on any atom is 0.259 e. The minimum absolute atomic E-state index is 0.206. The first-order valence-electron chi connectivity index (χ1n) is 6.62. The fourth-order valence-corrected chi connectivity index (χ4v) is 2.41. The molecule has 0 bridgehead atoms. The van der Waals surface area contributed by atoms with E-state index < -0.39 is 5.60 Å². The Hall–Kier alpha value is -1.79. The second kappa shape index (κ2) is 4.96. The van der Waals surface area contributed by atoms with Crippen molar-refractivity contribution in [3.63, 3.8) is 0 Å². The quantitative estimate of drug-likeness (QED) is 0.875. The number of rotatable bonds is 2. The van der Waals surface area contributed by atoms with Crippen LogP contribution in [0.4, 0.5) is 4.39 Å². The molecule has 1 fully saturated rings. The number of aliphatic hydroxyl groups is 1. The van der Waals surface area contributed by atoms with Crippen LogP contribution in [0.15, 0.2) is 22.7 Å². The topological polar surface area (TPSA) is 71.2 Å². The Morgan fingerprint density at radius 1 is 1.35 bits per heavy atom. The molecule has 0 spiro atoms. The lowest BCUT2D eigenvalue weighted by molar-refractivity contribution is -0.0228. The zero-order chi connectivity index (χ0) is 14.2. The number of piperidine rings is 1. The summed E-state index contributed by atoms with van der Waals surface area (Å²) in [6, 6.07) is 4.43. The smallest absolute Gasteiger partial charge is 0.259 e. The maximum atomic E-state index is 13.3. The Morgan fingerprint density at radius 2 is 2.10 bits per heavy atom. The van der Waals surface area contributed by atoms with Crippen molar-refractivity contribution < 1.29 is 14.0 Å². The summed E-state index contributed by atoms with van der Waals surface area (Å²) in [6.07, 6.45) is 1.05. The third-order valence-electron chi connectivity index (χ3n) is 3.70. The van der Waals surface area contributed by atoms with Gasteiger partial charge in [-0.2, -0.15) is 4.98 Å². The molecule has 20 heavy (non-hydrogen) atoms. The first kappa shape index (κ1) is 13.2. The summed E-state index contributed by atoms with van der Waals surface area (Å²) in [7, 11) is 0. The predicted octanol–water partition coefficient (Wildman–Crippen LogP) is 1.76. The molecule has 3 rings (SSSR count). The second-order valence-electron chi connectivity index (χ2n) is 5.16. The molecule has 1 saturated heterocycles. The highest BCUT2D eigenvalue weighted by Crippen LogP contribution is 2.31. The molecule has 2 heterocycles. The summed E-state index contributed by atoms with van der Waals surface area (Å²) in [4.78, 5) is 4.26. The van der Waals surface area contributed by atoms with E-state index in [1.54, 1.807) is 6.07 Å². The Bertz CT molecular complexity index is 621. The van der Waals surface area contributed by atoms with Crippen LogP contribution in [0, 0.1) is 12.7 Å². The lowest BCUT2D eigenvalue weighted by atomic mass is 9.92. The summed E-state index contributed by atoms with van der Waals surface area (Å²) < 4.78 is 18.5. The van der Waals surface area contributed by atoms with Crippen molar-refractivity contribution in [2.45, 2.75) is 25.4 Å². The van der Waals surface area contributed by atoms with Gasteiger partial charge in [0.05, 0.1) is 0 Å². The van der Waals surface area contributed by atoms with Crippen LogP contribution in [-0.2, 0) is 5.60 Å². The number of aromatic nitrogens is 2. The zero-order valence-electron chi connectivity index (χ0n) is 11.2. The van der Waals surface area contributed by atoms with E-state index in [1.807, 2.05) is 6.92 Å². The summed E-state index contributed by atoms with van der Waals surface area (Å²) >= 11 is 0. The van der Waals surface area contributed by atoms with Crippen molar-refractivity contribution in [2.75, 3.05) is 13.1 Å². The molecular weight excluding hydrogens is 261 g/mol. The van der Waals surface area contributed by atoms with E-state index in [1.165, 1.54) is 12.1 Å². The molecule has 0 atom stereocenters. The summed E-state index contributed by atoms with van der Waals surface area (Å²) in [5.41, 5.74) is 0.353. The average Bonchev–Trinajstić information content (AvgIpc) is 2.93. The fraction of sp³-hybridized carbons (Fsp3) is 0.429. The van der Waals surface area contributed by atoms with Crippen LogP contribution < -0.4 is 5.32 Å². The molecule has 0 amide bonds. The first-order valence-corrected chi connectivity index (χ1v) is 6.62. The lowest BCUT2D eigenvalue weighted by Crippen LogP contribution is -2.39. The van der Waals surface area contributed by atoms with Crippen LogP contribution in [0.25, 0.3) is 11.4 Å². The van der Waals surface area contributed by atoms with E-state index in [-0.39, 0.29) is 11.7 Å². The van der Waals surface area contributed by atoms with Crippen LogP contribution >= 0.6 is 0 Å². The van der Waals surface area contributed by atoms with Gasteiger partial charge < -0.3 is 14.9 Å². The average molecular weight is 277 g/mol. The van der Waals surface area contributed by atoms with Gasteiger partial charge in [0.25, 0.3) is 5.89 Å². The minimum Gasteiger partial charge on any atom is -0.380 e. The Balaban J connectivity index is 1.95. The van der Waals surface area contributed by atoms with Crippen LogP contribution in [0.1, 0.15) is 24.3 Å². The van der Waals surface area contributed by atoms with Crippen molar-refractivity contribution in [2.24, 2.45) is 0 Å². The Morgan fingerprint density at radius 3 is 2.85 bits per heavy atom. The lowest BCUT2D eigenvalue weighted by Gasteiger charge is -2.28. The SMILES string of the molecule is Cc1ccc(F)cc1-c1noc(C2(O)CCNCC2)n1. The number of hydrogen-bond acceptors (Lipinski definition) is 5. The standard InChI is InChI=1S/C14H16FN3O2/c1-9-2-3-10(15)8-11(9)12-17-13(20-18-12)14(19)4-6-16-7-5-14/h2-3,8,16,19H,4-7H2,1H3. The number of nitrogens with zero attached hydrogens (tertiary/aromatic N) is 2. The molecular formula is C14H16FN3O2. The van der Waals surface area contributed by atoms with E-state index in [2.05, 4.69) is 15.5 Å². The van der Waals surface area contributed by atoms with Gasteiger partial charge in [0, 0.05) is 5.56 Å². The zero-order valence-corrected chi connectivity index (χ0v) is 11.2. The van der Waals surface area contributed by atoms with Crippen molar-refractivity contribution in [3.05, 3.63) is 35.5 Å². The molecule has 106 valence electrons. The van der Waals surface area contributed by atoms with Crippen LogP contribution in [0.3, 0.4) is 0 Å². The largest absolute Gasteiger partial charge is 0.380 e. The number of halogens is 1. The molecule has 1 aromatic carbocycles. The second-order valence-corrected chi connectivity index (χ2v) is 5.16. The molecule has 1 aliphatic heterocycles. The summed E-state index contributed by atoms with van der Waals surface area (Å²) in [6.45, 7) is 3.25. The molecule has 0 unspecified atom stereocenters. The van der Waals surface area contributed by atoms with E-state index >= 15 is 0 Å². The van der Waals surface area contributed by atoms with Gasteiger partial charge in [-0.15, -0.1) is 0 Å². The normalized spacial score (nSPS) is 18.1. The van der Waals surface area contributed by atoms with Gasteiger partial charge in [-0.05, 0) is 50.6 Å². The highest BCUT2D eigenvalue weighted by Gasteiger charge is 2.37. The van der Waals surface area contributed by atoms with E-state index in [0.717, 1.165) is 5.56 Å². The van der Waals surface area contributed by atoms with Gasteiger partial charge in [0.2, 0.25) is 5.82 Å². The van der Waals surface area contributed by atoms with E-state index in [4.69, 9.17) is 4.52 Å². The van der Waals surface area contributed by atoms with Gasteiger partial charge in [-0.1, -0.05) is 11.2 Å². The molecule has 2 N–H and O–H groups in total. The highest BCUT2D eigenvalue weighted by molar-refractivity contribution is 5.59. The fourth-order valence-electron chi connectivity index (χ4n) is 2.41. The monoisotopic (exact) mass is 277 g/mol. The molecule has 0 saturated carbocycles. The van der Waals surface area contributed by atoms with Crippen LogP contribution in [0.5, 0.6) is 0 Å². The Labute approximate surface area is 115 Å². The Kier molecular flexibility index (Phi) is 3.27. The first-order chi connectivity index (χ1) is 9.58. The number of benzene rings is 1. The summed E-state index contributed by atoms with van der Waals surface area (Å²) in [5, 5.41) is 17.6. The van der Waals surface area contributed by atoms with Gasteiger partial charge in [-0.3, -0.25) is 0 Å². The predicted molar refractivity (Wildman–Crippen MR) is 70.4 cm³/mol. The molecule has 1 aliphatic rings. The molecule has 1 aromatic heterocycles. The van der Waals surface area contributed by atoms with Crippen LogP contribution in [-0.4, -0.2) is 28.3 Å². The van der Waals surface area contributed by atoms with Crippen molar-refractivity contribution in [3.8, 4) is 11.4 Å². The maximum absolute atomic E-state index is 13.3. The third kappa shape index (κ3) is 2.32. The number of hydrogen-bond donors (Lipinski definition) is 2. The minimum atomic E-state index is -1.09. The number of aryl methyl sites for hydroxylation is 1. The molecule has 0 aliphatic carbocycles.